The number of pyridine rings is 1. The van der Waals surface area contributed by atoms with Crippen LogP contribution in [0.25, 0.3) is 11.3 Å². The van der Waals surface area contributed by atoms with E-state index in [4.69, 9.17) is 15.5 Å². The first-order valence-electron chi connectivity index (χ1n) is 10.2. The summed E-state index contributed by atoms with van der Waals surface area (Å²) in [7, 11) is 0. The van der Waals surface area contributed by atoms with E-state index in [1.807, 2.05) is 13.8 Å². The van der Waals surface area contributed by atoms with Crippen LogP contribution in [0.1, 0.15) is 20.3 Å². The smallest absolute Gasteiger partial charge is 0.387 e. The summed E-state index contributed by atoms with van der Waals surface area (Å²) in [5.74, 6) is 0.659. The van der Waals surface area contributed by atoms with E-state index in [1.165, 1.54) is 12.3 Å². The number of halogens is 3. The molecule has 2 aromatic rings. The Bertz CT molecular complexity index is 934. The van der Waals surface area contributed by atoms with Crippen LogP contribution in [0, 0.1) is 0 Å². The van der Waals surface area contributed by atoms with Gasteiger partial charge in [0.2, 0.25) is 5.95 Å². The molecule has 0 aliphatic carbocycles. The Labute approximate surface area is 178 Å². The van der Waals surface area contributed by atoms with Gasteiger partial charge in [0.05, 0.1) is 31.0 Å². The molecule has 3 atom stereocenters. The number of ether oxygens (including phenoxy) is 2. The van der Waals surface area contributed by atoms with Crippen molar-refractivity contribution in [3.05, 3.63) is 18.3 Å². The van der Waals surface area contributed by atoms with Gasteiger partial charge in [0.25, 0.3) is 0 Å². The fourth-order valence-corrected chi connectivity index (χ4v) is 3.77. The fraction of sp³-hybridized carbons (Fsp3) is 0.550. The molecule has 2 saturated heterocycles. The van der Waals surface area contributed by atoms with Gasteiger partial charge in [-0.25, -0.2) is 14.4 Å². The largest absolute Gasteiger partial charge is 0.431 e. The molecule has 168 valence electrons. The fourth-order valence-electron chi connectivity index (χ4n) is 3.77. The van der Waals surface area contributed by atoms with E-state index in [0.29, 0.717) is 49.1 Å². The van der Waals surface area contributed by atoms with Crippen molar-refractivity contribution in [2.24, 2.45) is 0 Å². The minimum atomic E-state index is -3.03. The van der Waals surface area contributed by atoms with Gasteiger partial charge >= 0.3 is 6.61 Å². The Kier molecular flexibility index (Phi) is 6.03. The first kappa shape index (κ1) is 21.4. The summed E-state index contributed by atoms with van der Waals surface area (Å²) in [6.45, 7) is 2.85. The number of aromatic nitrogens is 3. The van der Waals surface area contributed by atoms with Crippen molar-refractivity contribution in [2.75, 3.05) is 41.8 Å². The lowest BCUT2D eigenvalue weighted by molar-refractivity contribution is -0.0494. The Balaban J connectivity index is 1.76. The van der Waals surface area contributed by atoms with Crippen molar-refractivity contribution in [3.63, 3.8) is 0 Å². The summed E-state index contributed by atoms with van der Waals surface area (Å²) in [5.41, 5.74) is 6.57. The van der Waals surface area contributed by atoms with Gasteiger partial charge in [-0.15, -0.1) is 0 Å². The number of nitrogens with two attached hydrogens (primary N) is 1. The van der Waals surface area contributed by atoms with Gasteiger partial charge in [-0.05, 0) is 26.3 Å². The van der Waals surface area contributed by atoms with Crippen LogP contribution in [0.5, 0.6) is 5.75 Å². The van der Waals surface area contributed by atoms with Crippen LogP contribution in [-0.4, -0.2) is 66.1 Å². The molecule has 11 heteroatoms. The molecule has 0 radical (unpaired) electrons. The molecule has 0 unspecified atom stereocenters. The number of alkyl halides is 3. The maximum absolute atomic E-state index is 13.8. The Morgan fingerprint density at radius 1 is 1.23 bits per heavy atom. The third-order valence-electron chi connectivity index (χ3n) is 5.41. The van der Waals surface area contributed by atoms with E-state index in [1.54, 1.807) is 11.0 Å². The summed E-state index contributed by atoms with van der Waals surface area (Å²) >= 11 is 0. The molecule has 8 nitrogen and oxygen atoms in total. The Morgan fingerprint density at radius 3 is 2.74 bits per heavy atom. The zero-order valence-electron chi connectivity index (χ0n) is 17.3. The van der Waals surface area contributed by atoms with E-state index in [0.717, 1.165) is 0 Å². The maximum Gasteiger partial charge on any atom is 0.387 e. The van der Waals surface area contributed by atoms with Crippen molar-refractivity contribution < 1.29 is 22.6 Å². The van der Waals surface area contributed by atoms with Crippen molar-refractivity contribution in [1.82, 2.24) is 15.0 Å². The van der Waals surface area contributed by atoms with Gasteiger partial charge in [-0.1, -0.05) is 0 Å². The molecule has 4 heterocycles. The van der Waals surface area contributed by atoms with E-state index in [-0.39, 0.29) is 30.3 Å². The molecule has 0 saturated carbocycles. The van der Waals surface area contributed by atoms with Crippen LogP contribution in [0.15, 0.2) is 18.3 Å². The molecule has 0 aromatic carbocycles. The van der Waals surface area contributed by atoms with Crippen LogP contribution in [0.2, 0.25) is 0 Å². The van der Waals surface area contributed by atoms with Crippen LogP contribution in [-0.2, 0) is 4.74 Å². The van der Waals surface area contributed by atoms with Crippen molar-refractivity contribution in [3.8, 4) is 17.0 Å². The molecule has 2 aromatic heterocycles. The maximum atomic E-state index is 13.8. The predicted octanol–water partition coefficient (Wildman–Crippen LogP) is 2.88. The topological polar surface area (TPSA) is 89.6 Å². The lowest BCUT2D eigenvalue weighted by atomic mass is 10.1. The van der Waals surface area contributed by atoms with E-state index >= 15 is 0 Å². The third kappa shape index (κ3) is 4.76. The minimum Gasteiger partial charge on any atom is -0.431 e. The zero-order chi connectivity index (χ0) is 22.1. The molecule has 0 amide bonds. The first-order chi connectivity index (χ1) is 14.8. The van der Waals surface area contributed by atoms with Crippen molar-refractivity contribution >= 4 is 17.6 Å². The highest BCUT2D eigenvalue weighted by atomic mass is 19.3. The molecule has 2 N–H and O–H groups in total. The molecule has 0 bridgehead atoms. The predicted molar refractivity (Wildman–Crippen MR) is 110 cm³/mol. The lowest BCUT2D eigenvalue weighted by Gasteiger charge is -2.38. The summed E-state index contributed by atoms with van der Waals surface area (Å²) in [4.78, 5) is 17.1. The van der Waals surface area contributed by atoms with E-state index in [2.05, 4.69) is 19.6 Å². The van der Waals surface area contributed by atoms with Gasteiger partial charge in [0, 0.05) is 30.9 Å². The van der Waals surface area contributed by atoms with Crippen molar-refractivity contribution in [2.45, 2.75) is 45.2 Å². The van der Waals surface area contributed by atoms with Crippen molar-refractivity contribution in [1.29, 1.82) is 0 Å². The molecule has 4 rings (SSSR count). The second-order valence-corrected chi connectivity index (χ2v) is 7.87. The Hall–Kier alpha value is -2.82. The standard InChI is InChI=1S/C20H25F3N6O2/c1-11-10-30-12(2)8-29(11)17-6-15(26-20(27-17)28-4-3-14(21)9-28)13-5-16(31-19(22)23)18(24)25-7-13/h5-7,11-12,14,19H,3-4,8-10H2,1-2H3,(H2,24,25)/t11-,12-,14+/m0/s1. The summed E-state index contributed by atoms with van der Waals surface area (Å²) in [6.07, 6.45) is 0.923. The summed E-state index contributed by atoms with van der Waals surface area (Å²) in [5, 5.41) is 0. The van der Waals surface area contributed by atoms with E-state index in [9.17, 15) is 13.2 Å². The molecule has 0 spiro atoms. The number of anilines is 3. The summed E-state index contributed by atoms with van der Waals surface area (Å²) in [6, 6.07) is 3.21. The highest BCUT2D eigenvalue weighted by molar-refractivity contribution is 5.68. The quantitative estimate of drug-likeness (QED) is 0.762. The second-order valence-electron chi connectivity index (χ2n) is 7.87. The molecule has 2 fully saturated rings. The van der Waals surface area contributed by atoms with Gasteiger partial charge in [-0.3, -0.25) is 0 Å². The monoisotopic (exact) mass is 438 g/mol. The number of nitrogens with zero attached hydrogens (tertiary/aromatic N) is 5. The van der Waals surface area contributed by atoms with Crippen LogP contribution < -0.4 is 20.3 Å². The third-order valence-corrected chi connectivity index (χ3v) is 5.41. The van der Waals surface area contributed by atoms with Gasteiger partial charge in [0.1, 0.15) is 12.0 Å². The van der Waals surface area contributed by atoms with E-state index < -0.39 is 12.8 Å². The average Bonchev–Trinajstić information content (AvgIpc) is 3.17. The molecule has 2 aliphatic heterocycles. The first-order valence-corrected chi connectivity index (χ1v) is 10.2. The molecule has 31 heavy (non-hydrogen) atoms. The minimum absolute atomic E-state index is 0.0179. The van der Waals surface area contributed by atoms with Crippen LogP contribution >= 0.6 is 0 Å². The normalized spacial score (nSPS) is 24.1. The molecular formula is C20H25F3N6O2. The highest BCUT2D eigenvalue weighted by Crippen LogP contribution is 2.32. The van der Waals surface area contributed by atoms with Gasteiger partial charge in [0.15, 0.2) is 11.6 Å². The number of rotatable bonds is 5. The zero-order valence-corrected chi connectivity index (χ0v) is 17.3. The summed E-state index contributed by atoms with van der Waals surface area (Å²) < 4.78 is 49.5. The lowest BCUT2D eigenvalue weighted by Crippen LogP contribution is -2.48. The average molecular weight is 438 g/mol. The highest BCUT2D eigenvalue weighted by Gasteiger charge is 2.29. The Morgan fingerprint density at radius 2 is 2.03 bits per heavy atom. The number of hydrogen-bond donors (Lipinski definition) is 1. The molecular weight excluding hydrogens is 413 g/mol. The second kappa shape index (κ2) is 8.74. The molecule has 2 aliphatic rings. The number of hydrogen-bond acceptors (Lipinski definition) is 8. The van der Waals surface area contributed by atoms with Gasteiger partial charge < -0.3 is 25.0 Å². The number of morpholine rings is 1. The number of nitrogen functional groups attached to an aromatic ring is 1. The van der Waals surface area contributed by atoms with Crippen LogP contribution in [0.4, 0.5) is 30.8 Å². The SMILES string of the molecule is C[C@H]1CN(c2cc(-c3cnc(N)c(OC(F)F)c3)nc(N3CC[C@@H](F)C3)n2)[C@@H](C)CO1. The van der Waals surface area contributed by atoms with Gasteiger partial charge in [-0.2, -0.15) is 13.8 Å². The van der Waals surface area contributed by atoms with Crippen LogP contribution in [0.3, 0.4) is 0 Å².